The molecule has 0 unspecified atom stereocenters. The molecule has 7 nitrogen and oxygen atoms in total. The van der Waals surface area contributed by atoms with Crippen molar-refractivity contribution in [3.8, 4) is 0 Å². The van der Waals surface area contributed by atoms with Crippen LogP contribution >= 0.6 is 0 Å². The van der Waals surface area contributed by atoms with Gasteiger partial charge in [-0.25, -0.2) is 18.1 Å². The molecule has 1 aromatic heterocycles. The summed E-state index contributed by atoms with van der Waals surface area (Å²) < 4.78 is 24.5. The maximum Gasteiger partial charge on any atom is 0.228 e. The number of nitrogens with one attached hydrogen (secondary N) is 2. The first-order chi connectivity index (χ1) is 10.8. The number of rotatable bonds is 6. The van der Waals surface area contributed by atoms with Crippen molar-refractivity contribution in [1.82, 2.24) is 14.6 Å². The Balaban J connectivity index is 1.74. The molecule has 1 aliphatic heterocycles. The van der Waals surface area contributed by atoms with Crippen LogP contribution in [0.4, 0.5) is 5.82 Å². The van der Waals surface area contributed by atoms with Gasteiger partial charge in [-0.3, -0.25) is 4.79 Å². The summed E-state index contributed by atoms with van der Waals surface area (Å²) in [5.74, 6) is 0.586. The van der Waals surface area contributed by atoms with Crippen LogP contribution in [0.25, 0.3) is 0 Å². The van der Waals surface area contributed by atoms with Crippen LogP contribution in [-0.4, -0.2) is 56.6 Å². The van der Waals surface area contributed by atoms with Gasteiger partial charge in [0, 0.05) is 24.7 Å². The van der Waals surface area contributed by atoms with E-state index in [1.165, 1.54) is 0 Å². The van der Waals surface area contributed by atoms with E-state index in [-0.39, 0.29) is 11.8 Å². The molecule has 0 bridgehead atoms. The van der Waals surface area contributed by atoms with E-state index in [1.807, 2.05) is 19.1 Å². The largest absolute Gasteiger partial charge is 0.310 e. The van der Waals surface area contributed by atoms with Crippen LogP contribution in [-0.2, 0) is 14.8 Å². The molecule has 0 spiro atoms. The van der Waals surface area contributed by atoms with Crippen LogP contribution in [0.2, 0.25) is 0 Å². The second kappa shape index (κ2) is 7.85. The van der Waals surface area contributed by atoms with Crippen LogP contribution < -0.4 is 10.0 Å². The Labute approximate surface area is 137 Å². The average molecular weight is 340 g/mol. The van der Waals surface area contributed by atoms with E-state index in [1.54, 1.807) is 6.07 Å². The molecule has 0 saturated carbocycles. The molecular weight excluding hydrogens is 316 g/mol. The molecule has 23 heavy (non-hydrogen) atoms. The Bertz CT molecular complexity index is 640. The highest BCUT2D eigenvalue weighted by Crippen LogP contribution is 2.18. The summed E-state index contributed by atoms with van der Waals surface area (Å²) in [6.45, 7) is 4.55. The van der Waals surface area contributed by atoms with E-state index in [0.717, 1.165) is 37.9 Å². The highest BCUT2D eigenvalue weighted by Gasteiger charge is 2.25. The number of aryl methyl sites for hydroxylation is 1. The summed E-state index contributed by atoms with van der Waals surface area (Å²) >= 11 is 0. The molecule has 8 heteroatoms. The topological polar surface area (TPSA) is 91.4 Å². The third kappa shape index (κ3) is 6.25. The van der Waals surface area contributed by atoms with E-state index >= 15 is 0 Å². The number of carbonyl (C=O) groups excluding carboxylic acids is 1. The normalized spacial score (nSPS) is 17.1. The van der Waals surface area contributed by atoms with Gasteiger partial charge in [0.1, 0.15) is 5.82 Å². The number of nitrogens with zero attached hydrogens (tertiary/aromatic N) is 2. The van der Waals surface area contributed by atoms with Gasteiger partial charge >= 0.3 is 0 Å². The fourth-order valence-electron chi connectivity index (χ4n) is 2.65. The number of amides is 1. The number of carbonyl (C=O) groups is 1. The second-order valence-electron chi connectivity index (χ2n) is 5.94. The van der Waals surface area contributed by atoms with Gasteiger partial charge in [-0.05, 0) is 45.0 Å². The van der Waals surface area contributed by atoms with Crippen molar-refractivity contribution < 1.29 is 13.2 Å². The summed E-state index contributed by atoms with van der Waals surface area (Å²) in [7, 11) is -3.14. The molecule has 2 heterocycles. The van der Waals surface area contributed by atoms with Crippen LogP contribution in [0.15, 0.2) is 18.2 Å². The number of aromatic nitrogens is 1. The van der Waals surface area contributed by atoms with Gasteiger partial charge in [0.25, 0.3) is 0 Å². The standard InChI is InChI=1S/C15H24N4O3S/c1-12-4-3-5-14(17-12)18-15(20)13-6-9-19(10-7-13)11-8-16-23(2,21)22/h3-5,13,16H,6-11H2,1-2H3,(H,17,18,20). The molecule has 1 saturated heterocycles. The van der Waals surface area contributed by atoms with E-state index in [0.29, 0.717) is 18.9 Å². The molecular formula is C15H24N4O3S. The van der Waals surface area contributed by atoms with Gasteiger partial charge in [-0.2, -0.15) is 0 Å². The number of pyridine rings is 1. The number of hydrogen-bond donors (Lipinski definition) is 2. The first kappa shape index (κ1) is 17.8. The number of piperidine rings is 1. The number of anilines is 1. The fraction of sp³-hybridized carbons (Fsp3) is 0.600. The molecule has 128 valence electrons. The molecule has 0 atom stereocenters. The summed E-state index contributed by atoms with van der Waals surface area (Å²) in [6, 6.07) is 5.55. The average Bonchev–Trinajstić information content (AvgIpc) is 2.46. The molecule has 1 aromatic rings. The van der Waals surface area contributed by atoms with Gasteiger partial charge in [0.2, 0.25) is 15.9 Å². The van der Waals surface area contributed by atoms with Gasteiger partial charge in [0.05, 0.1) is 6.26 Å². The quantitative estimate of drug-likeness (QED) is 0.791. The van der Waals surface area contributed by atoms with Gasteiger partial charge in [0.15, 0.2) is 0 Å². The molecule has 0 radical (unpaired) electrons. The maximum atomic E-state index is 12.3. The van der Waals surface area contributed by atoms with E-state index < -0.39 is 10.0 Å². The summed E-state index contributed by atoms with van der Waals surface area (Å²) in [4.78, 5) is 18.7. The third-order valence-electron chi connectivity index (χ3n) is 3.89. The lowest BCUT2D eigenvalue weighted by atomic mass is 9.96. The van der Waals surface area contributed by atoms with Crippen molar-refractivity contribution >= 4 is 21.7 Å². The Morgan fingerprint density at radius 3 is 2.65 bits per heavy atom. The van der Waals surface area contributed by atoms with Gasteiger partial charge < -0.3 is 10.2 Å². The first-order valence-corrected chi connectivity index (χ1v) is 9.64. The van der Waals surface area contributed by atoms with Crippen molar-refractivity contribution in [1.29, 1.82) is 0 Å². The van der Waals surface area contributed by atoms with Crippen LogP contribution in [0.3, 0.4) is 0 Å². The molecule has 1 aliphatic rings. The van der Waals surface area contributed by atoms with E-state index in [9.17, 15) is 13.2 Å². The molecule has 0 aromatic carbocycles. The van der Waals surface area contributed by atoms with Gasteiger partial charge in [-0.15, -0.1) is 0 Å². The van der Waals surface area contributed by atoms with Crippen molar-refractivity contribution in [3.63, 3.8) is 0 Å². The lowest BCUT2D eigenvalue weighted by Gasteiger charge is -2.31. The summed E-state index contributed by atoms with van der Waals surface area (Å²) in [6.07, 6.45) is 2.70. The number of likely N-dealkylation sites (tertiary alicyclic amines) is 1. The molecule has 2 rings (SSSR count). The Hall–Kier alpha value is -1.51. The van der Waals surface area contributed by atoms with Gasteiger partial charge in [-0.1, -0.05) is 6.07 Å². The minimum absolute atomic E-state index is 0.0111. The van der Waals surface area contributed by atoms with Crippen LogP contribution in [0.5, 0.6) is 0 Å². The lowest BCUT2D eigenvalue weighted by Crippen LogP contribution is -2.41. The third-order valence-corrected chi connectivity index (χ3v) is 4.62. The summed E-state index contributed by atoms with van der Waals surface area (Å²) in [5.41, 5.74) is 0.871. The van der Waals surface area contributed by atoms with Crippen molar-refractivity contribution in [3.05, 3.63) is 23.9 Å². The Morgan fingerprint density at radius 1 is 1.35 bits per heavy atom. The monoisotopic (exact) mass is 340 g/mol. The zero-order chi connectivity index (χ0) is 16.9. The van der Waals surface area contributed by atoms with Crippen molar-refractivity contribution in [2.45, 2.75) is 19.8 Å². The predicted octanol–water partition coefficient (Wildman–Crippen LogP) is 0.590. The predicted molar refractivity (Wildman–Crippen MR) is 89.6 cm³/mol. The lowest BCUT2D eigenvalue weighted by molar-refractivity contribution is -0.121. The minimum atomic E-state index is -3.14. The van der Waals surface area contributed by atoms with Crippen LogP contribution in [0.1, 0.15) is 18.5 Å². The molecule has 0 aliphatic carbocycles. The Kier molecular flexibility index (Phi) is 6.09. The summed E-state index contributed by atoms with van der Waals surface area (Å²) in [5, 5.41) is 2.87. The Morgan fingerprint density at radius 2 is 2.04 bits per heavy atom. The first-order valence-electron chi connectivity index (χ1n) is 7.75. The van der Waals surface area contributed by atoms with E-state index in [4.69, 9.17) is 0 Å². The SMILES string of the molecule is Cc1cccc(NC(=O)C2CCN(CCNS(C)(=O)=O)CC2)n1. The van der Waals surface area contributed by atoms with Crippen molar-refractivity contribution in [2.24, 2.45) is 5.92 Å². The maximum absolute atomic E-state index is 12.3. The molecule has 1 fully saturated rings. The zero-order valence-corrected chi connectivity index (χ0v) is 14.4. The number of sulfonamides is 1. The zero-order valence-electron chi connectivity index (χ0n) is 13.6. The highest BCUT2D eigenvalue weighted by molar-refractivity contribution is 7.88. The fourth-order valence-corrected chi connectivity index (χ4v) is 3.11. The minimum Gasteiger partial charge on any atom is -0.310 e. The molecule has 1 amide bonds. The second-order valence-corrected chi connectivity index (χ2v) is 7.77. The van der Waals surface area contributed by atoms with Crippen LogP contribution in [0, 0.1) is 12.8 Å². The smallest absolute Gasteiger partial charge is 0.228 e. The van der Waals surface area contributed by atoms with E-state index in [2.05, 4.69) is 19.9 Å². The molecule has 2 N–H and O–H groups in total. The highest BCUT2D eigenvalue weighted by atomic mass is 32.2. The van der Waals surface area contributed by atoms with Crippen molar-refractivity contribution in [2.75, 3.05) is 37.8 Å². The number of hydrogen-bond acceptors (Lipinski definition) is 5.